The van der Waals surface area contributed by atoms with Gasteiger partial charge in [-0.1, -0.05) is 0 Å². The molecule has 0 radical (unpaired) electrons. The van der Waals surface area contributed by atoms with Crippen LogP contribution in [-0.4, -0.2) is 59.6 Å². The standard InChI is InChI=1S/C17H30N4/c1-14(2)19-17(13-18)7-3-5-15(11-17)21-10-9-20-8-4-6-16(20)12-21/h14-16,19H,3-12H2,1-2H3. The Morgan fingerprint density at radius 1 is 1.10 bits per heavy atom. The minimum Gasteiger partial charge on any atom is -0.298 e. The first kappa shape index (κ1) is 15.3. The van der Waals surface area contributed by atoms with E-state index in [0.717, 1.165) is 18.9 Å². The van der Waals surface area contributed by atoms with Gasteiger partial charge in [0.05, 0.1) is 6.07 Å². The van der Waals surface area contributed by atoms with Gasteiger partial charge in [-0.2, -0.15) is 5.26 Å². The van der Waals surface area contributed by atoms with E-state index >= 15 is 0 Å². The van der Waals surface area contributed by atoms with E-state index in [1.165, 1.54) is 51.9 Å². The number of nitrogens with zero attached hydrogens (tertiary/aromatic N) is 3. The summed E-state index contributed by atoms with van der Waals surface area (Å²) in [5.41, 5.74) is -0.288. The first-order valence-corrected chi connectivity index (χ1v) is 8.79. The van der Waals surface area contributed by atoms with Crippen LogP contribution in [0.4, 0.5) is 0 Å². The van der Waals surface area contributed by atoms with E-state index in [0.29, 0.717) is 12.1 Å². The van der Waals surface area contributed by atoms with Crippen LogP contribution in [0.1, 0.15) is 52.4 Å². The highest BCUT2D eigenvalue weighted by molar-refractivity contribution is 5.12. The largest absolute Gasteiger partial charge is 0.298 e. The summed E-state index contributed by atoms with van der Waals surface area (Å²) in [5.74, 6) is 0. The van der Waals surface area contributed by atoms with Gasteiger partial charge in [0.1, 0.15) is 5.54 Å². The molecule has 2 aliphatic heterocycles. The predicted molar refractivity (Wildman–Crippen MR) is 85.0 cm³/mol. The Hall–Kier alpha value is -0.630. The van der Waals surface area contributed by atoms with Gasteiger partial charge in [-0.15, -0.1) is 0 Å². The number of nitriles is 1. The molecule has 1 aliphatic carbocycles. The SMILES string of the molecule is CC(C)NC1(C#N)CCCC(N2CCN3CCCC3C2)C1. The van der Waals surface area contributed by atoms with Crippen LogP contribution in [0.25, 0.3) is 0 Å². The summed E-state index contributed by atoms with van der Waals surface area (Å²) in [6.45, 7) is 9.27. The van der Waals surface area contributed by atoms with Crippen molar-refractivity contribution in [2.45, 2.75) is 76.0 Å². The minimum atomic E-state index is -0.288. The highest BCUT2D eigenvalue weighted by Crippen LogP contribution is 2.33. The fraction of sp³-hybridized carbons (Fsp3) is 0.941. The van der Waals surface area contributed by atoms with Crippen LogP contribution >= 0.6 is 0 Å². The molecule has 3 aliphatic rings. The van der Waals surface area contributed by atoms with Crippen LogP contribution < -0.4 is 5.32 Å². The summed E-state index contributed by atoms with van der Waals surface area (Å²) in [6, 6.07) is 4.39. The fourth-order valence-corrected chi connectivity index (χ4v) is 4.72. The molecule has 0 aromatic heterocycles. The van der Waals surface area contributed by atoms with Crippen LogP contribution in [0.5, 0.6) is 0 Å². The second-order valence-electron chi connectivity index (χ2n) is 7.57. The van der Waals surface area contributed by atoms with E-state index in [1.807, 2.05) is 0 Å². The Morgan fingerprint density at radius 2 is 1.86 bits per heavy atom. The molecule has 0 aromatic rings. The quantitative estimate of drug-likeness (QED) is 0.863. The van der Waals surface area contributed by atoms with Gasteiger partial charge in [0.25, 0.3) is 0 Å². The third-order valence-corrected chi connectivity index (χ3v) is 5.64. The lowest BCUT2D eigenvalue weighted by Crippen LogP contribution is -2.59. The summed E-state index contributed by atoms with van der Waals surface area (Å²) >= 11 is 0. The fourth-order valence-electron chi connectivity index (χ4n) is 4.72. The van der Waals surface area contributed by atoms with Crippen LogP contribution in [0.3, 0.4) is 0 Å². The van der Waals surface area contributed by atoms with Gasteiger partial charge in [-0.3, -0.25) is 15.1 Å². The lowest BCUT2D eigenvalue weighted by atomic mass is 9.78. The highest BCUT2D eigenvalue weighted by atomic mass is 15.3. The van der Waals surface area contributed by atoms with Crippen molar-refractivity contribution in [1.29, 1.82) is 5.26 Å². The lowest BCUT2D eigenvalue weighted by molar-refractivity contribution is 0.0430. The monoisotopic (exact) mass is 290 g/mol. The molecule has 3 fully saturated rings. The molecule has 4 nitrogen and oxygen atoms in total. The van der Waals surface area contributed by atoms with E-state index in [9.17, 15) is 5.26 Å². The van der Waals surface area contributed by atoms with E-state index in [1.54, 1.807) is 0 Å². The number of hydrogen-bond acceptors (Lipinski definition) is 4. The second kappa shape index (κ2) is 6.24. The molecule has 118 valence electrons. The number of nitrogens with one attached hydrogen (secondary N) is 1. The van der Waals surface area contributed by atoms with Crippen molar-refractivity contribution in [1.82, 2.24) is 15.1 Å². The van der Waals surface area contributed by atoms with Crippen LogP contribution in [0, 0.1) is 11.3 Å². The Morgan fingerprint density at radius 3 is 2.62 bits per heavy atom. The van der Waals surface area contributed by atoms with E-state index in [4.69, 9.17) is 0 Å². The zero-order valence-corrected chi connectivity index (χ0v) is 13.6. The molecule has 0 bridgehead atoms. The van der Waals surface area contributed by atoms with Crippen LogP contribution in [0.15, 0.2) is 0 Å². The molecule has 0 amide bonds. The molecular formula is C17H30N4. The number of fused-ring (bicyclic) bond motifs is 1. The third-order valence-electron chi connectivity index (χ3n) is 5.64. The van der Waals surface area contributed by atoms with Crippen molar-refractivity contribution in [3.05, 3.63) is 0 Å². The van der Waals surface area contributed by atoms with Crippen LogP contribution in [-0.2, 0) is 0 Å². The predicted octanol–water partition coefficient (Wildman–Crippen LogP) is 1.97. The summed E-state index contributed by atoms with van der Waals surface area (Å²) in [7, 11) is 0. The summed E-state index contributed by atoms with van der Waals surface area (Å²) in [6.07, 6.45) is 7.23. The van der Waals surface area contributed by atoms with Crippen molar-refractivity contribution in [3.63, 3.8) is 0 Å². The smallest absolute Gasteiger partial charge is 0.108 e. The number of rotatable bonds is 3. The molecule has 1 N–H and O–H groups in total. The molecule has 2 saturated heterocycles. The highest BCUT2D eigenvalue weighted by Gasteiger charge is 2.41. The second-order valence-corrected chi connectivity index (χ2v) is 7.57. The van der Waals surface area contributed by atoms with Gasteiger partial charge in [-0.05, 0) is 58.9 Å². The first-order chi connectivity index (χ1) is 10.1. The first-order valence-electron chi connectivity index (χ1n) is 8.79. The molecular weight excluding hydrogens is 260 g/mol. The van der Waals surface area contributed by atoms with Crippen molar-refractivity contribution in [2.75, 3.05) is 26.2 Å². The maximum Gasteiger partial charge on any atom is 0.108 e. The van der Waals surface area contributed by atoms with Crippen molar-refractivity contribution in [3.8, 4) is 6.07 Å². The van der Waals surface area contributed by atoms with Gasteiger partial charge >= 0.3 is 0 Å². The molecule has 3 unspecified atom stereocenters. The normalized spacial score (nSPS) is 38.4. The average molecular weight is 290 g/mol. The van der Waals surface area contributed by atoms with Gasteiger partial charge < -0.3 is 0 Å². The van der Waals surface area contributed by atoms with Crippen molar-refractivity contribution in [2.24, 2.45) is 0 Å². The van der Waals surface area contributed by atoms with Crippen LogP contribution in [0.2, 0.25) is 0 Å². The molecule has 3 atom stereocenters. The zero-order chi connectivity index (χ0) is 14.9. The zero-order valence-electron chi connectivity index (χ0n) is 13.6. The van der Waals surface area contributed by atoms with Gasteiger partial charge in [-0.25, -0.2) is 0 Å². The summed E-state index contributed by atoms with van der Waals surface area (Å²) in [4.78, 5) is 5.36. The Kier molecular flexibility index (Phi) is 4.54. The molecule has 3 rings (SSSR count). The van der Waals surface area contributed by atoms with Crippen molar-refractivity contribution >= 4 is 0 Å². The Balaban J connectivity index is 1.64. The van der Waals surface area contributed by atoms with Crippen molar-refractivity contribution < 1.29 is 0 Å². The van der Waals surface area contributed by atoms with E-state index in [-0.39, 0.29) is 5.54 Å². The maximum absolute atomic E-state index is 9.72. The number of piperazine rings is 1. The number of hydrogen-bond donors (Lipinski definition) is 1. The van der Waals surface area contributed by atoms with Gasteiger partial charge in [0, 0.05) is 37.8 Å². The molecule has 0 spiro atoms. The van der Waals surface area contributed by atoms with E-state index < -0.39 is 0 Å². The summed E-state index contributed by atoms with van der Waals surface area (Å²) in [5, 5.41) is 13.3. The molecule has 0 aromatic carbocycles. The molecule has 4 heteroatoms. The lowest BCUT2D eigenvalue weighted by Gasteiger charge is -2.46. The average Bonchev–Trinajstić information content (AvgIpc) is 2.94. The third kappa shape index (κ3) is 3.26. The maximum atomic E-state index is 9.72. The Labute approximate surface area is 129 Å². The summed E-state index contributed by atoms with van der Waals surface area (Å²) < 4.78 is 0. The minimum absolute atomic E-state index is 0.288. The Bertz CT molecular complexity index is 402. The topological polar surface area (TPSA) is 42.3 Å². The van der Waals surface area contributed by atoms with Gasteiger partial charge in [0.15, 0.2) is 0 Å². The molecule has 1 saturated carbocycles. The molecule has 21 heavy (non-hydrogen) atoms. The van der Waals surface area contributed by atoms with Gasteiger partial charge in [0.2, 0.25) is 0 Å². The van der Waals surface area contributed by atoms with E-state index in [2.05, 4.69) is 35.0 Å². The molecule has 2 heterocycles.